The van der Waals surface area contributed by atoms with Crippen molar-refractivity contribution in [1.29, 1.82) is 0 Å². The monoisotopic (exact) mass is 387 g/mol. The maximum atomic E-state index is 14.3. The second-order valence-corrected chi connectivity index (χ2v) is 7.26. The highest BCUT2D eigenvalue weighted by molar-refractivity contribution is 6.33. The van der Waals surface area contributed by atoms with E-state index in [1.807, 2.05) is 12.1 Å². The lowest BCUT2D eigenvalue weighted by Crippen LogP contribution is -2.14. The number of nitrogens with zero attached hydrogens (tertiary/aromatic N) is 1. The molecule has 0 atom stereocenters. The van der Waals surface area contributed by atoms with Gasteiger partial charge in [0, 0.05) is 33.6 Å². The van der Waals surface area contributed by atoms with Crippen molar-refractivity contribution >= 4 is 23.2 Å². The molecule has 2 aromatic carbocycles. The molecule has 5 heteroatoms. The molecule has 0 bridgehead atoms. The number of ether oxygens (including phenoxy) is 1. The zero-order valence-electron chi connectivity index (χ0n) is 13.9. The van der Waals surface area contributed by atoms with Gasteiger partial charge in [-0.25, -0.2) is 4.39 Å². The van der Waals surface area contributed by atoms with Gasteiger partial charge in [-0.15, -0.1) is 0 Å². The SMILES string of the molecule is Fc1ccccc1-c1ccncc1C1(OCc2cc(Cl)ccc2Cl)CC1. The van der Waals surface area contributed by atoms with Crippen LogP contribution in [0.1, 0.15) is 24.0 Å². The third kappa shape index (κ3) is 3.35. The van der Waals surface area contributed by atoms with Crippen molar-refractivity contribution in [3.05, 3.63) is 87.9 Å². The molecule has 4 rings (SSSR count). The summed E-state index contributed by atoms with van der Waals surface area (Å²) in [5, 5.41) is 1.23. The van der Waals surface area contributed by atoms with Crippen LogP contribution in [0.15, 0.2) is 60.9 Å². The smallest absolute Gasteiger partial charge is 0.131 e. The number of hydrogen-bond donors (Lipinski definition) is 0. The van der Waals surface area contributed by atoms with Gasteiger partial charge in [-0.2, -0.15) is 0 Å². The summed E-state index contributed by atoms with van der Waals surface area (Å²) in [7, 11) is 0. The van der Waals surface area contributed by atoms with E-state index in [9.17, 15) is 4.39 Å². The fraction of sp³-hybridized carbons (Fsp3) is 0.190. The number of aromatic nitrogens is 1. The highest BCUT2D eigenvalue weighted by Crippen LogP contribution is 2.52. The van der Waals surface area contributed by atoms with Crippen LogP contribution in [0.4, 0.5) is 4.39 Å². The molecule has 1 aliphatic rings. The van der Waals surface area contributed by atoms with Crippen LogP contribution in [0.2, 0.25) is 10.0 Å². The van der Waals surface area contributed by atoms with E-state index in [4.69, 9.17) is 27.9 Å². The average molecular weight is 388 g/mol. The zero-order chi connectivity index (χ0) is 18.1. The standard InChI is InChI=1S/C21H16Cl2FNO/c22-15-5-6-19(23)14(11-15)13-26-21(8-9-21)18-12-25-10-7-16(18)17-3-1-2-4-20(17)24/h1-7,10-12H,8-9,13H2. The number of pyridine rings is 1. The van der Waals surface area contributed by atoms with Gasteiger partial charge in [0.05, 0.1) is 12.2 Å². The van der Waals surface area contributed by atoms with Crippen molar-refractivity contribution in [1.82, 2.24) is 4.98 Å². The first kappa shape index (κ1) is 17.5. The Morgan fingerprint density at radius 1 is 1.04 bits per heavy atom. The third-order valence-corrected chi connectivity index (χ3v) is 5.30. The van der Waals surface area contributed by atoms with Crippen molar-refractivity contribution in [2.45, 2.75) is 25.0 Å². The van der Waals surface area contributed by atoms with E-state index in [0.717, 1.165) is 29.5 Å². The Morgan fingerprint density at radius 2 is 1.85 bits per heavy atom. The van der Waals surface area contributed by atoms with Gasteiger partial charge >= 0.3 is 0 Å². The Hall–Kier alpha value is -1.94. The molecule has 0 N–H and O–H groups in total. The van der Waals surface area contributed by atoms with E-state index in [-0.39, 0.29) is 5.82 Å². The molecule has 0 saturated heterocycles. The average Bonchev–Trinajstić information content (AvgIpc) is 3.44. The fourth-order valence-electron chi connectivity index (χ4n) is 3.15. The molecule has 0 amide bonds. The minimum absolute atomic E-state index is 0.256. The molecule has 2 nitrogen and oxygen atoms in total. The van der Waals surface area contributed by atoms with E-state index >= 15 is 0 Å². The molecular weight excluding hydrogens is 372 g/mol. The summed E-state index contributed by atoms with van der Waals surface area (Å²) >= 11 is 12.3. The van der Waals surface area contributed by atoms with Crippen molar-refractivity contribution in [3.8, 4) is 11.1 Å². The van der Waals surface area contributed by atoms with Gasteiger partial charge in [0.15, 0.2) is 0 Å². The number of hydrogen-bond acceptors (Lipinski definition) is 2. The highest BCUT2D eigenvalue weighted by Gasteiger charge is 2.47. The third-order valence-electron chi connectivity index (χ3n) is 4.69. The zero-order valence-corrected chi connectivity index (χ0v) is 15.4. The van der Waals surface area contributed by atoms with Crippen molar-refractivity contribution in [2.24, 2.45) is 0 Å². The summed E-state index contributed by atoms with van der Waals surface area (Å²) < 4.78 is 20.6. The molecule has 26 heavy (non-hydrogen) atoms. The number of benzene rings is 2. The molecule has 3 aromatic rings. The molecule has 1 aromatic heterocycles. The van der Waals surface area contributed by atoms with Gasteiger partial charge in [0.1, 0.15) is 5.82 Å². The van der Waals surface area contributed by atoms with Gasteiger partial charge in [-0.1, -0.05) is 41.4 Å². The number of halogens is 3. The predicted octanol–water partition coefficient (Wildman–Crippen LogP) is 6.40. The quantitative estimate of drug-likeness (QED) is 0.505. The second-order valence-electron chi connectivity index (χ2n) is 6.42. The van der Waals surface area contributed by atoms with Crippen LogP contribution in [-0.2, 0) is 16.9 Å². The molecule has 0 aliphatic heterocycles. The van der Waals surface area contributed by atoms with Gasteiger partial charge in [0.25, 0.3) is 0 Å². The topological polar surface area (TPSA) is 22.1 Å². The Kier molecular flexibility index (Phi) is 4.70. The first-order chi connectivity index (χ1) is 12.6. The largest absolute Gasteiger partial charge is 0.365 e. The normalized spacial score (nSPS) is 15.0. The van der Waals surface area contributed by atoms with E-state index < -0.39 is 5.60 Å². The lowest BCUT2D eigenvalue weighted by molar-refractivity contribution is 0.0174. The predicted molar refractivity (Wildman–Crippen MR) is 102 cm³/mol. The molecule has 1 heterocycles. The molecule has 1 aliphatic carbocycles. The molecular formula is C21H16Cl2FNO. The van der Waals surface area contributed by atoms with Crippen LogP contribution in [0.5, 0.6) is 0 Å². The molecule has 132 valence electrons. The summed E-state index contributed by atoms with van der Waals surface area (Å²) in [6, 6.07) is 13.9. The Morgan fingerprint density at radius 3 is 2.62 bits per heavy atom. The van der Waals surface area contributed by atoms with Gasteiger partial charge < -0.3 is 4.74 Å². The van der Waals surface area contributed by atoms with Crippen LogP contribution < -0.4 is 0 Å². The molecule has 0 unspecified atom stereocenters. The minimum atomic E-state index is -0.461. The minimum Gasteiger partial charge on any atom is -0.365 e. The molecule has 0 spiro atoms. The Bertz CT molecular complexity index is 956. The van der Waals surface area contributed by atoms with Crippen LogP contribution in [0.3, 0.4) is 0 Å². The van der Waals surface area contributed by atoms with Crippen LogP contribution in [0.25, 0.3) is 11.1 Å². The van der Waals surface area contributed by atoms with E-state index in [1.165, 1.54) is 6.07 Å². The maximum Gasteiger partial charge on any atom is 0.131 e. The molecule has 0 radical (unpaired) electrons. The lowest BCUT2D eigenvalue weighted by atomic mass is 9.96. The van der Waals surface area contributed by atoms with Gasteiger partial charge in [-0.05, 0) is 54.3 Å². The van der Waals surface area contributed by atoms with Gasteiger partial charge in [-0.3, -0.25) is 4.98 Å². The van der Waals surface area contributed by atoms with E-state index in [0.29, 0.717) is 22.2 Å². The summed E-state index contributed by atoms with van der Waals surface area (Å²) in [6.45, 7) is 0.338. The molecule has 1 fully saturated rings. The first-order valence-corrected chi connectivity index (χ1v) is 9.12. The Balaban J connectivity index is 1.66. The van der Waals surface area contributed by atoms with Crippen molar-refractivity contribution < 1.29 is 9.13 Å². The first-order valence-electron chi connectivity index (χ1n) is 8.36. The van der Waals surface area contributed by atoms with Gasteiger partial charge in [0.2, 0.25) is 0 Å². The fourth-order valence-corrected chi connectivity index (χ4v) is 3.51. The summed E-state index contributed by atoms with van der Waals surface area (Å²) in [4.78, 5) is 4.24. The molecule has 1 saturated carbocycles. The summed E-state index contributed by atoms with van der Waals surface area (Å²) in [5.74, 6) is -0.256. The van der Waals surface area contributed by atoms with E-state index in [2.05, 4.69) is 4.98 Å². The Labute approximate surface area is 161 Å². The number of rotatable bonds is 5. The van der Waals surface area contributed by atoms with Crippen LogP contribution >= 0.6 is 23.2 Å². The van der Waals surface area contributed by atoms with Crippen LogP contribution in [0, 0.1) is 5.82 Å². The maximum absolute atomic E-state index is 14.3. The summed E-state index contributed by atoms with van der Waals surface area (Å²) in [6.07, 6.45) is 5.17. The van der Waals surface area contributed by atoms with Crippen molar-refractivity contribution in [3.63, 3.8) is 0 Å². The highest BCUT2D eigenvalue weighted by atomic mass is 35.5. The lowest BCUT2D eigenvalue weighted by Gasteiger charge is -2.21. The van der Waals surface area contributed by atoms with Crippen LogP contribution in [-0.4, -0.2) is 4.98 Å². The summed E-state index contributed by atoms with van der Waals surface area (Å²) in [5.41, 5.74) is 2.65. The van der Waals surface area contributed by atoms with Crippen molar-refractivity contribution in [2.75, 3.05) is 0 Å². The van der Waals surface area contributed by atoms with E-state index in [1.54, 1.807) is 42.7 Å². The second kappa shape index (κ2) is 6.99.